The highest BCUT2D eigenvalue weighted by atomic mass is 16.3. The van der Waals surface area contributed by atoms with Gasteiger partial charge in [0, 0.05) is 19.1 Å². The van der Waals surface area contributed by atoms with E-state index in [-0.39, 0.29) is 0 Å². The van der Waals surface area contributed by atoms with Crippen LogP contribution in [0.4, 0.5) is 0 Å². The molecular weight excluding hydrogens is 224 g/mol. The summed E-state index contributed by atoms with van der Waals surface area (Å²) < 4.78 is 0. The SMILES string of the molecule is CN(CC(C)(O)c1ccccc1)C1CCCNC1. The van der Waals surface area contributed by atoms with Crippen molar-refractivity contribution in [1.82, 2.24) is 10.2 Å². The van der Waals surface area contributed by atoms with Crippen LogP contribution in [0.1, 0.15) is 25.3 Å². The van der Waals surface area contributed by atoms with Crippen LogP contribution in [0.5, 0.6) is 0 Å². The lowest BCUT2D eigenvalue weighted by atomic mass is 9.94. The number of piperidine rings is 1. The van der Waals surface area contributed by atoms with Crippen LogP contribution in [0.2, 0.25) is 0 Å². The van der Waals surface area contributed by atoms with Gasteiger partial charge >= 0.3 is 0 Å². The second kappa shape index (κ2) is 5.83. The molecule has 0 amide bonds. The summed E-state index contributed by atoms with van der Waals surface area (Å²) >= 11 is 0. The van der Waals surface area contributed by atoms with E-state index in [1.165, 1.54) is 12.8 Å². The molecule has 3 heteroatoms. The van der Waals surface area contributed by atoms with E-state index < -0.39 is 5.60 Å². The third kappa shape index (κ3) is 3.31. The highest BCUT2D eigenvalue weighted by Gasteiger charge is 2.28. The van der Waals surface area contributed by atoms with Crippen molar-refractivity contribution < 1.29 is 5.11 Å². The number of hydrogen-bond donors (Lipinski definition) is 2. The molecule has 0 spiro atoms. The maximum absolute atomic E-state index is 10.6. The van der Waals surface area contributed by atoms with Crippen molar-refractivity contribution in [3.05, 3.63) is 35.9 Å². The number of nitrogens with one attached hydrogen (secondary N) is 1. The van der Waals surface area contributed by atoms with E-state index >= 15 is 0 Å². The van der Waals surface area contributed by atoms with Crippen molar-refractivity contribution in [3.8, 4) is 0 Å². The minimum absolute atomic E-state index is 0.536. The molecule has 0 aromatic heterocycles. The van der Waals surface area contributed by atoms with Gasteiger partial charge in [0.05, 0.1) is 5.60 Å². The Balaban J connectivity index is 1.98. The highest BCUT2D eigenvalue weighted by molar-refractivity contribution is 5.21. The lowest BCUT2D eigenvalue weighted by molar-refractivity contribution is 0.00833. The van der Waals surface area contributed by atoms with Gasteiger partial charge in [-0.2, -0.15) is 0 Å². The summed E-state index contributed by atoms with van der Waals surface area (Å²) in [7, 11) is 2.11. The molecule has 1 aromatic rings. The molecular formula is C15H24N2O. The van der Waals surface area contributed by atoms with Crippen molar-refractivity contribution in [2.45, 2.75) is 31.4 Å². The predicted molar refractivity (Wildman–Crippen MR) is 74.5 cm³/mol. The normalized spacial score (nSPS) is 23.9. The maximum Gasteiger partial charge on any atom is 0.0994 e. The average Bonchev–Trinajstić information content (AvgIpc) is 2.40. The van der Waals surface area contributed by atoms with Gasteiger partial charge in [-0.05, 0) is 38.9 Å². The molecule has 1 fully saturated rings. The molecule has 2 N–H and O–H groups in total. The average molecular weight is 248 g/mol. The van der Waals surface area contributed by atoms with Crippen molar-refractivity contribution >= 4 is 0 Å². The molecule has 0 radical (unpaired) electrons. The summed E-state index contributed by atoms with van der Waals surface area (Å²) in [5.41, 5.74) is 0.202. The predicted octanol–water partition coefficient (Wildman–Crippen LogP) is 1.58. The van der Waals surface area contributed by atoms with E-state index in [1.54, 1.807) is 0 Å². The minimum atomic E-state index is -0.784. The summed E-state index contributed by atoms with van der Waals surface area (Å²) in [5.74, 6) is 0. The van der Waals surface area contributed by atoms with E-state index in [0.29, 0.717) is 12.6 Å². The van der Waals surface area contributed by atoms with E-state index in [4.69, 9.17) is 0 Å². The lowest BCUT2D eigenvalue weighted by Crippen LogP contribution is -2.48. The third-order valence-corrected chi connectivity index (χ3v) is 3.85. The fraction of sp³-hybridized carbons (Fsp3) is 0.600. The summed E-state index contributed by atoms with van der Waals surface area (Å²) in [4.78, 5) is 2.28. The fourth-order valence-electron chi connectivity index (χ4n) is 2.71. The van der Waals surface area contributed by atoms with Gasteiger partial charge in [0.2, 0.25) is 0 Å². The summed E-state index contributed by atoms with van der Waals surface area (Å²) in [6.07, 6.45) is 2.44. The van der Waals surface area contributed by atoms with Gasteiger partial charge in [-0.25, -0.2) is 0 Å². The molecule has 2 rings (SSSR count). The van der Waals surface area contributed by atoms with Crippen LogP contribution < -0.4 is 5.32 Å². The van der Waals surface area contributed by atoms with Crippen LogP contribution in [0, 0.1) is 0 Å². The van der Waals surface area contributed by atoms with Gasteiger partial charge < -0.3 is 10.4 Å². The van der Waals surface area contributed by atoms with Crippen molar-refractivity contribution in [3.63, 3.8) is 0 Å². The lowest BCUT2D eigenvalue weighted by Gasteiger charge is -2.36. The van der Waals surface area contributed by atoms with E-state index in [1.807, 2.05) is 37.3 Å². The number of likely N-dealkylation sites (N-methyl/N-ethyl adjacent to an activating group) is 1. The van der Waals surface area contributed by atoms with Gasteiger partial charge in [0.15, 0.2) is 0 Å². The zero-order valence-corrected chi connectivity index (χ0v) is 11.4. The molecule has 100 valence electrons. The first kappa shape index (κ1) is 13.5. The zero-order valence-electron chi connectivity index (χ0n) is 11.4. The second-order valence-electron chi connectivity index (χ2n) is 5.56. The van der Waals surface area contributed by atoms with Crippen LogP contribution in [-0.4, -0.2) is 42.7 Å². The van der Waals surface area contributed by atoms with Gasteiger partial charge in [-0.1, -0.05) is 30.3 Å². The van der Waals surface area contributed by atoms with Crippen LogP contribution in [0.25, 0.3) is 0 Å². The Morgan fingerprint density at radius 3 is 2.72 bits per heavy atom. The Hall–Kier alpha value is -0.900. The Morgan fingerprint density at radius 1 is 1.39 bits per heavy atom. The molecule has 1 aliphatic heterocycles. The summed E-state index contributed by atoms with van der Waals surface area (Å²) in [5, 5.41) is 14.0. The standard InChI is InChI=1S/C15H24N2O/c1-15(18,13-7-4-3-5-8-13)12-17(2)14-9-6-10-16-11-14/h3-5,7-8,14,16,18H,6,9-12H2,1-2H3. The van der Waals surface area contributed by atoms with Crippen LogP contribution in [0.3, 0.4) is 0 Å². The molecule has 18 heavy (non-hydrogen) atoms. The molecule has 2 unspecified atom stereocenters. The molecule has 0 saturated carbocycles. The molecule has 1 saturated heterocycles. The smallest absolute Gasteiger partial charge is 0.0994 e. The van der Waals surface area contributed by atoms with E-state index in [0.717, 1.165) is 18.7 Å². The Morgan fingerprint density at radius 2 is 2.11 bits per heavy atom. The fourth-order valence-corrected chi connectivity index (χ4v) is 2.71. The van der Waals surface area contributed by atoms with Crippen LogP contribution in [0.15, 0.2) is 30.3 Å². The molecule has 3 nitrogen and oxygen atoms in total. The number of aliphatic hydroxyl groups is 1. The van der Waals surface area contributed by atoms with Crippen molar-refractivity contribution in [2.75, 3.05) is 26.7 Å². The number of nitrogens with zero attached hydrogens (tertiary/aromatic N) is 1. The number of rotatable bonds is 4. The Labute approximate surface area is 110 Å². The highest BCUT2D eigenvalue weighted by Crippen LogP contribution is 2.22. The number of hydrogen-bond acceptors (Lipinski definition) is 3. The molecule has 1 aliphatic rings. The third-order valence-electron chi connectivity index (χ3n) is 3.85. The molecule has 2 atom stereocenters. The number of benzene rings is 1. The van der Waals surface area contributed by atoms with E-state index in [2.05, 4.69) is 17.3 Å². The van der Waals surface area contributed by atoms with Gasteiger partial charge in [0.1, 0.15) is 0 Å². The minimum Gasteiger partial charge on any atom is -0.384 e. The molecule has 1 aromatic carbocycles. The first-order valence-electron chi connectivity index (χ1n) is 6.78. The summed E-state index contributed by atoms with van der Waals surface area (Å²) in [6.45, 7) is 4.72. The van der Waals surface area contributed by atoms with E-state index in [9.17, 15) is 5.11 Å². The van der Waals surface area contributed by atoms with Gasteiger partial charge in [-0.3, -0.25) is 4.90 Å². The van der Waals surface area contributed by atoms with Crippen molar-refractivity contribution in [2.24, 2.45) is 0 Å². The monoisotopic (exact) mass is 248 g/mol. The first-order chi connectivity index (χ1) is 8.59. The van der Waals surface area contributed by atoms with Gasteiger partial charge in [0.25, 0.3) is 0 Å². The Bertz CT molecular complexity index is 358. The summed E-state index contributed by atoms with van der Waals surface area (Å²) in [6, 6.07) is 10.5. The Kier molecular flexibility index (Phi) is 4.38. The van der Waals surface area contributed by atoms with Crippen molar-refractivity contribution in [1.29, 1.82) is 0 Å². The topological polar surface area (TPSA) is 35.5 Å². The largest absolute Gasteiger partial charge is 0.384 e. The maximum atomic E-state index is 10.6. The molecule has 0 bridgehead atoms. The molecule has 1 heterocycles. The second-order valence-corrected chi connectivity index (χ2v) is 5.56. The quantitative estimate of drug-likeness (QED) is 0.849. The first-order valence-corrected chi connectivity index (χ1v) is 6.78. The zero-order chi connectivity index (χ0) is 13.0. The van der Waals surface area contributed by atoms with Crippen LogP contribution >= 0.6 is 0 Å². The molecule has 0 aliphatic carbocycles. The van der Waals surface area contributed by atoms with Gasteiger partial charge in [-0.15, -0.1) is 0 Å². The van der Waals surface area contributed by atoms with Crippen LogP contribution in [-0.2, 0) is 5.60 Å².